The summed E-state index contributed by atoms with van der Waals surface area (Å²) < 4.78 is 3.93. The SMILES string of the molecule is Cc1ccccc1N1C=C2[N-]C1=Nc1nc(cn1-c1ccccc1)C1=CN(c3ccccc3)C(=Nc3nc2cn3-c2ccccc2)[N-]1.[Pd+2]. The van der Waals surface area contributed by atoms with Crippen LogP contribution in [0.4, 0.5) is 23.3 Å². The van der Waals surface area contributed by atoms with Gasteiger partial charge >= 0.3 is 20.4 Å². The van der Waals surface area contributed by atoms with Crippen molar-refractivity contribution in [2.45, 2.75) is 6.92 Å². The molecule has 3 aliphatic heterocycles. The number of nitrogens with zero attached hydrogens (tertiary/aromatic N) is 10. The molecular formula is C37H26N10Pd. The predicted molar refractivity (Wildman–Crippen MR) is 187 cm³/mol. The van der Waals surface area contributed by atoms with Gasteiger partial charge in [0.15, 0.2) is 11.9 Å². The van der Waals surface area contributed by atoms with Crippen LogP contribution in [-0.2, 0) is 20.4 Å². The normalized spacial score (nSPS) is 14.5. The van der Waals surface area contributed by atoms with Crippen molar-refractivity contribution in [1.29, 1.82) is 0 Å². The van der Waals surface area contributed by atoms with Crippen LogP contribution in [0.15, 0.2) is 150 Å². The van der Waals surface area contributed by atoms with Gasteiger partial charge in [-0.1, -0.05) is 91.0 Å². The molecule has 0 fully saturated rings. The van der Waals surface area contributed by atoms with Crippen LogP contribution in [0, 0.1) is 6.92 Å². The molecule has 0 unspecified atom stereocenters. The first-order valence-corrected chi connectivity index (χ1v) is 15.2. The summed E-state index contributed by atoms with van der Waals surface area (Å²) in [7, 11) is 0. The second-order valence-corrected chi connectivity index (χ2v) is 11.2. The van der Waals surface area contributed by atoms with Crippen molar-refractivity contribution in [3.8, 4) is 11.4 Å². The van der Waals surface area contributed by atoms with E-state index in [9.17, 15) is 0 Å². The number of aromatic nitrogens is 4. The maximum absolute atomic E-state index is 5.11. The molecule has 0 saturated carbocycles. The first kappa shape index (κ1) is 29.4. The van der Waals surface area contributed by atoms with E-state index in [1.54, 1.807) is 0 Å². The Hall–Kier alpha value is -6.02. The third kappa shape index (κ3) is 5.12. The molecule has 6 aromatic rings. The van der Waals surface area contributed by atoms with Gasteiger partial charge in [-0.25, -0.2) is 9.97 Å². The molecule has 4 aromatic carbocycles. The fraction of sp³-hybridized carbons (Fsp3) is 0.0270. The fourth-order valence-electron chi connectivity index (χ4n) is 5.82. The quantitative estimate of drug-likeness (QED) is 0.171. The average molecular weight is 717 g/mol. The zero-order valence-electron chi connectivity index (χ0n) is 25.6. The Balaban J connectivity index is 0.00000336. The number of hydrogen-bond donors (Lipinski definition) is 0. The largest absolute Gasteiger partial charge is 2.00 e. The van der Waals surface area contributed by atoms with Gasteiger partial charge < -0.3 is 30.4 Å². The Morgan fingerprint density at radius 3 is 1.46 bits per heavy atom. The standard InChI is InChI=1S/C37H26N10.Pd/c1-25-13-11-12-20-33(25)47-24-32-31-23-45(27-16-7-3-8-17-27)35(40-31)42-34-38-29(21-44(34)26-14-5-2-6-15-26)30-22-46(28-18-9-4-10-19-28)36(39-30)43-37(47)41-32;/h2-24H,1H3;/q-2;+2. The van der Waals surface area contributed by atoms with Crippen LogP contribution in [0.25, 0.3) is 33.4 Å². The number of hydrogen-bond acceptors (Lipinski definition) is 6. The number of aliphatic imine (C=N–C) groups is 2. The fourth-order valence-corrected chi connectivity index (χ4v) is 5.82. The molecule has 48 heavy (non-hydrogen) atoms. The van der Waals surface area contributed by atoms with Gasteiger partial charge in [0.1, 0.15) is 0 Å². The third-order valence-electron chi connectivity index (χ3n) is 8.15. The van der Waals surface area contributed by atoms with Gasteiger partial charge in [-0.05, 0) is 60.5 Å². The van der Waals surface area contributed by atoms with E-state index in [0.717, 1.165) is 28.3 Å². The predicted octanol–water partition coefficient (Wildman–Crippen LogP) is 8.44. The van der Waals surface area contributed by atoms with E-state index < -0.39 is 0 Å². The van der Waals surface area contributed by atoms with E-state index in [1.165, 1.54) is 0 Å². The molecule has 8 bridgehead atoms. The molecule has 0 N–H and O–H groups in total. The van der Waals surface area contributed by atoms with Gasteiger partial charge in [0.25, 0.3) is 0 Å². The zero-order chi connectivity index (χ0) is 31.3. The monoisotopic (exact) mass is 716 g/mol. The van der Waals surface area contributed by atoms with E-state index >= 15 is 0 Å². The van der Waals surface area contributed by atoms with Crippen molar-refractivity contribution < 1.29 is 20.4 Å². The number of fused-ring (bicyclic) bond motifs is 10. The Morgan fingerprint density at radius 1 is 0.500 bits per heavy atom. The molecule has 10 nitrogen and oxygen atoms in total. The summed E-state index contributed by atoms with van der Waals surface area (Å²) in [5.41, 5.74) is 7.41. The number of aryl methyl sites for hydroxylation is 1. The smallest absolute Gasteiger partial charge is 0.374 e. The van der Waals surface area contributed by atoms with Crippen LogP contribution >= 0.6 is 0 Å². The Labute approximate surface area is 290 Å². The van der Waals surface area contributed by atoms with Crippen molar-refractivity contribution >= 4 is 46.6 Å². The van der Waals surface area contributed by atoms with E-state index in [1.807, 2.05) is 147 Å². The topological polar surface area (TPSA) is 95.0 Å². The average Bonchev–Trinajstić information content (AvgIpc) is 3.92. The van der Waals surface area contributed by atoms with Crippen molar-refractivity contribution in [3.05, 3.63) is 168 Å². The van der Waals surface area contributed by atoms with E-state index in [-0.39, 0.29) is 20.4 Å². The van der Waals surface area contributed by atoms with Crippen molar-refractivity contribution in [2.24, 2.45) is 9.98 Å². The molecule has 0 amide bonds. The summed E-state index contributed by atoms with van der Waals surface area (Å²) in [5.74, 6) is 1.89. The third-order valence-corrected chi connectivity index (χ3v) is 8.15. The number of rotatable bonds is 4. The van der Waals surface area contributed by atoms with Crippen molar-refractivity contribution in [1.82, 2.24) is 19.1 Å². The molecule has 11 heteroatoms. The first-order valence-electron chi connectivity index (χ1n) is 15.2. The molecule has 0 aliphatic carbocycles. The Bertz CT molecular complexity index is 2270. The Kier molecular flexibility index (Phi) is 7.33. The first-order chi connectivity index (χ1) is 23.2. The van der Waals surface area contributed by atoms with Crippen LogP contribution in [-0.4, -0.2) is 31.0 Å². The minimum Gasteiger partial charge on any atom is -0.374 e. The molecule has 0 radical (unpaired) electrons. The molecule has 234 valence electrons. The van der Waals surface area contributed by atoms with Gasteiger partial charge in [0, 0.05) is 47.1 Å². The molecule has 0 saturated heterocycles. The minimum atomic E-state index is 0. The number of imidazole rings is 2. The summed E-state index contributed by atoms with van der Waals surface area (Å²) in [6.07, 6.45) is 7.85. The van der Waals surface area contributed by atoms with Crippen LogP contribution in [0.1, 0.15) is 17.0 Å². The maximum Gasteiger partial charge on any atom is 2.00 e. The number of benzene rings is 4. The number of para-hydroxylation sites is 4. The van der Waals surface area contributed by atoms with E-state index in [2.05, 4.69) is 19.1 Å². The zero-order valence-corrected chi connectivity index (χ0v) is 27.1. The maximum atomic E-state index is 5.11. The minimum absolute atomic E-state index is 0. The van der Waals surface area contributed by atoms with Crippen LogP contribution < -0.4 is 9.80 Å². The summed E-state index contributed by atoms with van der Waals surface area (Å²) >= 11 is 0. The van der Waals surface area contributed by atoms with Crippen LogP contribution in [0.3, 0.4) is 0 Å². The van der Waals surface area contributed by atoms with Crippen LogP contribution in [0.2, 0.25) is 0 Å². The summed E-state index contributed by atoms with van der Waals surface area (Å²) in [6, 6.07) is 38.3. The van der Waals surface area contributed by atoms with E-state index in [4.69, 9.17) is 30.6 Å². The molecule has 3 aliphatic rings. The molecule has 9 rings (SSSR count). The van der Waals surface area contributed by atoms with Gasteiger partial charge in [-0.15, -0.1) is 0 Å². The van der Waals surface area contributed by atoms with Crippen LogP contribution in [0.5, 0.6) is 0 Å². The molecular weight excluding hydrogens is 691 g/mol. The molecule has 0 atom stereocenters. The van der Waals surface area contributed by atoms with E-state index in [0.29, 0.717) is 46.6 Å². The van der Waals surface area contributed by atoms with Gasteiger partial charge in [0.05, 0.1) is 11.4 Å². The molecule has 5 heterocycles. The van der Waals surface area contributed by atoms with Gasteiger partial charge in [0.2, 0.25) is 0 Å². The van der Waals surface area contributed by atoms with Crippen molar-refractivity contribution in [3.63, 3.8) is 0 Å². The molecule has 2 aromatic heterocycles. The summed E-state index contributed by atoms with van der Waals surface area (Å²) in [5, 5.41) is 10.1. The summed E-state index contributed by atoms with van der Waals surface area (Å²) in [4.78, 5) is 24.2. The van der Waals surface area contributed by atoms with Crippen molar-refractivity contribution in [2.75, 3.05) is 9.80 Å². The summed E-state index contributed by atoms with van der Waals surface area (Å²) in [6.45, 7) is 2.08. The second kappa shape index (κ2) is 12.0. The second-order valence-electron chi connectivity index (χ2n) is 11.2. The Morgan fingerprint density at radius 2 is 0.938 bits per heavy atom. The van der Waals surface area contributed by atoms with Gasteiger partial charge in [-0.3, -0.25) is 9.13 Å². The van der Waals surface area contributed by atoms with Gasteiger partial charge in [-0.2, -0.15) is 0 Å². The molecule has 0 spiro atoms. The number of anilines is 2. The number of guanidine groups is 2.